The minimum absolute atomic E-state index is 0.0471. The fourth-order valence-corrected chi connectivity index (χ4v) is 4.86. The zero-order valence-corrected chi connectivity index (χ0v) is 17.7. The van der Waals surface area contributed by atoms with E-state index in [1.807, 2.05) is 66.4 Å². The molecule has 7 nitrogen and oxygen atoms in total. The predicted octanol–water partition coefficient (Wildman–Crippen LogP) is 4.17. The Morgan fingerprint density at radius 2 is 2.09 bits per heavy atom. The van der Waals surface area contributed by atoms with Crippen molar-refractivity contribution in [3.05, 3.63) is 71.9 Å². The van der Waals surface area contributed by atoms with Gasteiger partial charge in [-0.05, 0) is 55.5 Å². The van der Waals surface area contributed by atoms with E-state index in [2.05, 4.69) is 20.5 Å². The molecule has 160 valence electrons. The number of para-hydroxylation sites is 2. The number of aryl methyl sites for hydroxylation is 1. The molecule has 2 aromatic carbocycles. The molecule has 1 saturated carbocycles. The number of fused-ring (bicyclic) bond motifs is 2. The maximum atomic E-state index is 13.7. The molecule has 1 amide bonds. The zero-order valence-electron chi connectivity index (χ0n) is 17.7. The van der Waals surface area contributed by atoms with Crippen molar-refractivity contribution < 1.29 is 9.21 Å². The summed E-state index contributed by atoms with van der Waals surface area (Å²) < 4.78 is 5.81. The van der Waals surface area contributed by atoms with Gasteiger partial charge in [0.25, 0.3) is 11.9 Å². The maximum absolute atomic E-state index is 13.7. The highest BCUT2D eigenvalue weighted by molar-refractivity contribution is 6.01. The third kappa shape index (κ3) is 3.30. The van der Waals surface area contributed by atoms with Crippen molar-refractivity contribution in [2.45, 2.75) is 19.4 Å². The lowest BCUT2D eigenvalue weighted by Crippen LogP contribution is -2.42. The van der Waals surface area contributed by atoms with Crippen LogP contribution in [0.25, 0.3) is 22.4 Å². The Balaban J connectivity index is 1.26. The van der Waals surface area contributed by atoms with E-state index in [0.717, 1.165) is 28.8 Å². The number of piperidine rings is 1. The lowest BCUT2D eigenvalue weighted by molar-refractivity contribution is 0.0715. The molecule has 1 saturated heterocycles. The summed E-state index contributed by atoms with van der Waals surface area (Å²) >= 11 is 0. The molecule has 2 fully saturated rings. The molecule has 32 heavy (non-hydrogen) atoms. The standard InChI is InChI=1S/C25H23N5O2/c1-15-8-9-17(20-6-4-10-27-29-20)19(11-15)24(31)30-14-16-12-18(16)22(30)13-26-25-28-21-5-2-3-7-23(21)32-25/h2-11,16,18,22H,12-14H2,1H3,(H,26,28)/t16?,18-,22-/m1/s1. The molecule has 7 heteroatoms. The van der Waals surface area contributed by atoms with Crippen LogP contribution in [0, 0.1) is 18.8 Å². The Bertz CT molecular complexity index is 1270. The number of likely N-dealkylation sites (tertiary alicyclic amines) is 1. The van der Waals surface area contributed by atoms with Crippen LogP contribution in [0.5, 0.6) is 0 Å². The van der Waals surface area contributed by atoms with Gasteiger partial charge in [0.05, 0.1) is 11.7 Å². The average Bonchev–Trinajstić information content (AvgIpc) is 3.31. The van der Waals surface area contributed by atoms with Crippen LogP contribution in [0.2, 0.25) is 0 Å². The van der Waals surface area contributed by atoms with Gasteiger partial charge in [0.15, 0.2) is 5.58 Å². The summed E-state index contributed by atoms with van der Waals surface area (Å²) in [6, 6.07) is 18.0. The number of hydrogen-bond donors (Lipinski definition) is 1. The summed E-state index contributed by atoms with van der Waals surface area (Å²) in [6.45, 7) is 3.41. The molecular formula is C25H23N5O2. The molecule has 3 atom stereocenters. The number of nitrogens with one attached hydrogen (secondary N) is 1. The quantitative estimate of drug-likeness (QED) is 0.517. The molecule has 2 aliphatic rings. The summed E-state index contributed by atoms with van der Waals surface area (Å²) in [7, 11) is 0. The highest BCUT2D eigenvalue weighted by atomic mass is 16.4. The first-order valence-corrected chi connectivity index (χ1v) is 11.0. The van der Waals surface area contributed by atoms with E-state index in [1.165, 1.54) is 6.42 Å². The van der Waals surface area contributed by atoms with E-state index in [-0.39, 0.29) is 11.9 Å². The van der Waals surface area contributed by atoms with Crippen LogP contribution in [0.15, 0.2) is 65.2 Å². The first-order chi connectivity index (χ1) is 15.7. The number of rotatable bonds is 5. The lowest BCUT2D eigenvalue weighted by Gasteiger charge is -2.28. The normalized spacial score (nSPS) is 21.5. The number of carbonyl (C=O) groups excluding carboxylic acids is 1. The summed E-state index contributed by atoms with van der Waals surface area (Å²) in [5.41, 5.74) is 4.84. The fourth-order valence-electron chi connectivity index (χ4n) is 4.86. The topological polar surface area (TPSA) is 84.2 Å². The monoisotopic (exact) mass is 425 g/mol. The molecule has 4 aromatic rings. The Hall–Kier alpha value is -3.74. The largest absolute Gasteiger partial charge is 0.424 e. The summed E-state index contributed by atoms with van der Waals surface area (Å²) in [6.07, 6.45) is 2.81. The van der Waals surface area contributed by atoms with Crippen LogP contribution in [0.1, 0.15) is 22.3 Å². The van der Waals surface area contributed by atoms with Crippen molar-refractivity contribution in [3.8, 4) is 11.3 Å². The third-order valence-electron chi connectivity index (χ3n) is 6.57. The average molecular weight is 425 g/mol. The number of nitrogens with zero attached hydrogens (tertiary/aromatic N) is 4. The third-order valence-corrected chi connectivity index (χ3v) is 6.57. The Morgan fingerprint density at radius 1 is 1.19 bits per heavy atom. The number of oxazole rings is 1. The molecule has 1 unspecified atom stereocenters. The first-order valence-electron chi connectivity index (χ1n) is 11.0. The summed E-state index contributed by atoms with van der Waals surface area (Å²) in [5, 5.41) is 11.6. The van der Waals surface area contributed by atoms with Crippen LogP contribution in [-0.4, -0.2) is 45.1 Å². The van der Waals surface area contributed by atoms with Crippen molar-refractivity contribution >= 4 is 23.0 Å². The molecule has 0 radical (unpaired) electrons. The van der Waals surface area contributed by atoms with Crippen molar-refractivity contribution in [1.29, 1.82) is 0 Å². The number of amides is 1. The predicted molar refractivity (Wildman–Crippen MR) is 121 cm³/mol. The molecule has 1 aliphatic carbocycles. The molecule has 2 aromatic heterocycles. The summed E-state index contributed by atoms with van der Waals surface area (Å²) in [5.74, 6) is 1.16. The van der Waals surface area contributed by atoms with Crippen LogP contribution in [0.4, 0.5) is 6.01 Å². The Morgan fingerprint density at radius 3 is 2.94 bits per heavy atom. The van der Waals surface area contributed by atoms with Crippen molar-refractivity contribution in [2.24, 2.45) is 11.8 Å². The maximum Gasteiger partial charge on any atom is 0.295 e. The van der Waals surface area contributed by atoms with Crippen LogP contribution in [-0.2, 0) is 0 Å². The van der Waals surface area contributed by atoms with Crippen LogP contribution >= 0.6 is 0 Å². The smallest absolute Gasteiger partial charge is 0.295 e. The van der Waals surface area contributed by atoms with E-state index >= 15 is 0 Å². The van der Waals surface area contributed by atoms with Gasteiger partial charge in [-0.3, -0.25) is 4.79 Å². The van der Waals surface area contributed by atoms with Gasteiger partial charge in [0.2, 0.25) is 0 Å². The number of carbonyl (C=O) groups is 1. The minimum Gasteiger partial charge on any atom is -0.424 e. The van der Waals surface area contributed by atoms with Crippen LogP contribution in [0.3, 0.4) is 0 Å². The minimum atomic E-state index is 0.0471. The SMILES string of the molecule is Cc1ccc(-c2cccnn2)c(C(=O)N2CC3C[C@H]3[C@H]2CNc2nc3ccccc3o2)c1. The second-order valence-electron chi connectivity index (χ2n) is 8.71. The van der Waals surface area contributed by atoms with Gasteiger partial charge in [-0.25, -0.2) is 0 Å². The van der Waals surface area contributed by atoms with E-state index in [9.17, 15) is 4.79 Å². The second kappa shape index (κ2) is 7.44. The Kier molecular flexibility index (Phi) is 4.41. The lowest BCUT2D eigenvalue weighted by atomic mass is 9.99. The molecule has 6 rings (SSSR count). The fraction of sp³-hybridized carbons (Fsp3) is 0.280. The van der Waals surface area contributed by atoms with Gasteiger partial charge in [-0.15, -0.1) is 0 Å². The van der Waals surface area contributed by atoms with E-state index in [1.54, 1.807) is 6.20 Å². The van der Waals surface area contributed by atoms with Crippen molar-refractivity contribution in [3.63, 3.8) is 0 Å². The van der Waals surface area contributed by atoms with Gasteiger partial charge in [-0.2, -0.15) is 15.2 Å². The number of benzene rings is 2. The van der Waals surface area contributed by atoms with Crippen molar-refractivity contribution in [2.75, 3.05) is 18.4 Å². The molecule has 1 aliphatic heterocycles. The highest BCUT2D eigenvalue weighted by Gasteiger charge is 2.54. The first kappa shape index (κ1) is 19.0. The number of aromatic nitrogens is 3. The van der Waals surface area contributed by atoms with Crippen molar-refractivity contribution in [1.82, 2.24) is 20.1 Å². The van der Waals surface area contributed by atoms with Gasteiger partial charge in [-0.1, -0.05) is 29.8 Å². The zero-order chi connectivity index (χ0) is 21.7. The number of hydrogen-bond acceptors (Lipinski definition) is 6. The van der Waals surface area contributed by atoms with Gasteiger partial charge in [0, 0.05) is 30.4 Å². The molecule has 0 spiro atoms. The molecular weight excluding hydrogens is 402 g/mol. The molecule has 1 N–H and O–H groups in total. The van der Waals surface area contributed by atoms with E-state index in [4.69, 9.17) is 4.42 Å². The molecule has 0 bridgehead atoms. The van der Waals surface area contributed by atoms with Gasteiger partial charge < -0.3 is 14.6 Å². The Labute approximate surface area is 185 Å². The number of anilines is 1. The summed E-state index contributed by atoms with van der Waals surface area (Å²) in [4.78, 5) is 20.3. The van der Waals surface area contributed by atoms with Gasteiger partial charge >= 0.3 is 0 Å². The molecule has 3 heterocycles. The highest BCUT2D eigenvalue weighted by Crippen LogP contribution is 2.50. The second-order valence-corrected chi connectivity index (χ2v) is 8.71. The van der Waals surface area contributed by atoms with Gasteiger partial charge in [0.1, 0.15) is 5.52 Å². The van der Waals surface area contributed by atoms with Crippen LogP contribution < -0.4 is 5.32 Å². The van der Waals surface area contributed by atoms with E-state index in [0.29, 0.717) is 35.7 Å². The van der Waals surface area contributed by atoms with E-state index < -0.39 is 0 Å².